The van der Waals surface area contributed by atoms with Gasteiger partial charge in [0.2, 0.25) is 0 Å². The Hall–Kier alpha value is -2.21. The van der Waals surface area contributed by atoms with Crippen molar-refractivity contribution in [1.29, 1.82) is 0 Å². The Kier molecular flexibility index (Phi) is 6.83. The molecule has 5 nitrogen and oxygen atoms in total. The lowest BCUT2D eigenvalue weighted by molar-refractivity contribution is 0.0729. The van der Waals surface area contributed by atoms with Crippen LogP contribution in [-0.4, -0.2) is 37.7 Å². The summed E-state index contributed by atoms with van der Waals surface area (Å²) >= 11 is 3.53. The number of hydrogen-bond donors (Lipinski definition) is 0. The molecular formula is C22H26BrNO4. The summed E-state index contributed by atoms with van der Waals surface area (Å²) in [4.78, 5) is 15.2. The van der Waals surface area contributed by atoms with E-state index in [-0.39, 0.29) is 11.9 Å². The van der Waals surface area contributed by atoms with Crippen LogP contribution in [0.15, 0.2) is 40.9 Å². The zero-order valence-electron chi connectivity index (χ0n) is 16.5. The van der Waals surface area contributed by atoms with Crippen LogP contribution in [0.3, 0.4) is 0 Å². The van der Waals surface area contributed by atoms with E-state index in [4.69, 9.17) is 14.2 Å². The zero-order chi connectivity index (χ0) is 20.1. The summed E-state index contributed by atoms with van der Waals surface area (Å²) in [5, 5.41) is 0. The third kappa shape index (κ3) is 4.79. The van der Waals surface area contributed by atoms with Crippen LogP contribution in [-0.2, 0) is 6.54 Å². The quantitative estimate of drug-likeness (QED) is 0.538. The van der Waals surface area contributed by atoms with E-state index >= 15 is 0 Å². The van der Waals surface area contributed by atoms with Crippen LogP contribution in [0.2, 0.25) is 0 Å². The van der Waals surface area contributed by atoms with Crippen LogP contribution in [0.25, 0.3) is 0 Å². The lowest BCUT2D eigenvalue weighted by atomic mass is 10.1. The summed E-state index contributed by atoms with van der Waals surface area (Å²) in [5.74, 6) is 2.00. The minimum Gasteiger partial charge on any atom is -0.497 e. The van der Waals surface area contributed by atoms with Crippen LogP contribution in [0, 0.1) is 0 Å². The van der Waals surface area contributed by atoms with Gasteiger partial charge in [0, 0.05) is 18.2 Å². The number of rotatable bonds is 9. The van der Waals surface area contributed by atoms with E-state index in [1.54, 1.807) is 20.3 Å². The van der Waals surface area contributed by atoms with Gasteiger partial charge in [-0.05, 0) is 65.0 Å². The van der Waals surface area contributed by atoms with Gasteiger partial charge in [-0.3, -0.25) is 4.79 Å². The Labute approximate surface area is 174 Å². The maximum Gasteiger partial charge on any atom is 0.254 e. The van der Waals surface area contributed by atoms with Crippen molar-refractivity contribution in [3.8, 4) is 17.2 Å². The number of carbonyl (C=O) groups excluding carboxylic acids is 1. The normalized spacial score (nSPS) is 13.1. The first-order chi connectivity index (χ1) is 13.6. The fourth-order valence-corrected chi connectivity index (χ4v) is 3.59. The van der Waals surface area contributed by atoms with E-state index in [1.165, 1.54) is 0 Å². The van der Waals surface area contributed by atoms with Crippen molar-refractivity contribution in [1.82, 2.24) is 4.90 Å². The van der Waals surface area contributed by atoms with Crippen LogP contribution >= 0.6 is 15.9 Å². The first-order valence-electron chi connectivity index (χ1n) is 9.51. The molecule has 0 bridgehead atoms. The first kappa shape index (κ1) is 20.5. The van der Waals surface area contributed by atoms with E-state index in [9.17, 15) is 4.79 Å². The smallest absolute Gasteiger partial charge is 0.254 e. The fraction of sp³-hybridized carbons (Fsp3) is 0.409. The molecule has 1 aliphatic carbocycles. The Balaban J connectivity index is 1.83. The van der Waals surface area contributed by atoms with Crippen LogP contribution in [0.1, 0.15) is 42.1 Å². The first-order valence-corrected chi connectivity index (χ1v) is 10.3. The second-order valence-corrected chi connectivity index (χ2v) is 7.70. The second kappa shape index (κ2) is 9.32. The number of hydrogen-bond acceptors (Lipinski definition) is 4. The van der Waals surface area contributed by atoms with Gasteiger partial charge in [-0.15, -0.1) is 0 Å². The van der Waals surface area contributed by atoms with E-state index < -0.39 is 0 Å². The van der Waals surface area contributed by atoms with E-state index in [1.807, 2.05) is 42.2 Å². The van der Waals surface area contributed by atoms with Crippen molar-refractivity contribution in [2.45, 2.75) is 38.8 Å². The van der Waals surface area contributed by atoms with Gasteiger partial charge in [0.15, 0.2) is 11.5 Å². The molecule has 0 aliphatic heterocycles. The van der Waals surface area contributed by atoms with Crippen LogP contribution in [0.4, 0.5) is 0 Å². The average Bonchev–Trinajstić information content (AvgIpc) is 3.55. The molecule has 0 saturated heterocycles. The molecule has 3 rings (SSSR count). The highest BCUT2D eigenvalue weighted by molar-refractivity contribution is 9.10. The number of benzene rings is 2. The monoisotopic (exact) mass is 447 g/mol. The number of halogens is 1. The predicted octanol–water partition coefficient (Wildman–Crippen LogP) is 5.06. The zero-order valence-corrected chi connectivity index (χ0v) is 18.1. The van der Waals surface area contributed by atoms with Gasteiger partial charge in [-0.25, -0.2) is 0 Å². The maximum atomic E-state index is 13.3. The average molecular weight is 448 g/mol. The predicted molar refractivity (Wildman–Crippen MR) is 112 cm³/mol. The van der Waals surface area contributed by atoms with Gasteiger partial charge in [-0.2, -0.15) is 0 Å². The van der Waals surface area contributed by atoms with Crippen molar-refractivity contribution in [3.05, 3.63) is 52.0 Å². The Morgan fingerprint density at radius 2 is 1.86 bits per heavy atom. The topological polar surface area (TPSA) is 48.0 Å². The van der Waals surface area contributed by atoms with E-state index in [2.05, 4.69) is 15.9 Å². The lowest BCUT2D eigenvalue weighted by Gasteiger charge is -2.24. The summed E-state index contributed by atoms with van der Waals surface area (Å²) in [6.07, 6.45) is 2.98. The molecule has 0 N–H and O–H groups in total. The molecule has 0 aromatic heterocycles. The molecular weight excluding hydrogens is 422 g/mol. The Bertz CT molecular complexity index is 818. The van der Waals surface area contributed by atoms with Crippen molar-refractivity contribution >= 4 is 21.8 Å². The summed E-state index contributed by atoms with van der Waals surface area (Å²) in [6.45, 7) is 3.21. The number of ether oxygens (including phenoxy) is 3. The van der Waals surface area contributed by atoms with Gasteiger partial charge in [0.05, 0.1) is 25.3 Å². The van der Waals surface area contributed by atoms with Gasteiger partial charge in [0.25, 0.3) is 5.91 Å². The molecule has 6 heteroatoms. The lowest BCUT2D eigenvalue weighted by Crippen LogP contribution is -2.32. The fourth-order valence-electron chi connectivity index (χ4n) is 3.03. The number of amides is 1. The van der Waals surface area contributed by atoms with E-state index in [0.717, 1.165) is 35.0 Å². The highest BCUT2D eigenvalue weighted by Gasteiger charge is 2.33. The summed E-state index contributed by atoms with van der Waals surface area (Å²) in [6, 6.07) is 11.7. The second-order valence-electron chi connectivity index (χ2n) is 6.85. The number of nitrogens with zero attached hydrogens (tertiary/aromatic N) is 1. The molecule has 2 aromatic carbocycles. The molecule has 0 radical (unpaired) electrons. The van der Waals surface area contributed by atoms with Gasteiger partial charge in [0.1, 0.15) is 5.75 Å². The summed E-state index contributed by atoms with van der Waals surface area (Å²) < 4.78 is 17.2. The van der Waals surface area contributed by atoms with E-state index in [0.29, 0.717) is 30.2 Å². The van der Waals surface area contributed by atoms with Crippen molar-refractivity contribution in [3.63, 3.8) is 0 Å². The Morgan fingerprint density at radius 3 is 2.43 bits per heavy atom. The van der Waals surface area contributed by atoms with Crippen molar-refractivity contribution in [2.75, 3.05) is 20.8 Å². The van der Waals surface area contributed by atoms with Gasteiger partial charge >= 0.3 is 0 Å². The molecule has 1 saturated carbocycles. The third-order valence-corrected chi connectivity index (χ3v) is 5.28. The molecule has 1 fully saturated rings. The SMILES string of the molecule is CCCOc1c(Br)cc(C(=O)N(Cc2ccc(OC)cc2)C2CC2)cc1OC. The number of methoxy groups -OCH3 is 2. The molecule has 0 atom stereocenters. The molecule has 1 aliphatic rings. The molecule has 28 heavy (non-hydrogen) atoms. The molecule has 0 heterocycles. The molecule has 2 aromatic rings. The standard InChI is InChI=1S/C22H26BrNO4/c1-4-11-28-21-19(23)12-16(13-20(21)27-3)22(25)24(17-7-8-17)14-15-5-9-18(26-2)10-6-15/h5-6,9-10,12-13,17H,4,7-8,11,14H2,1-3H3. The molecule has 150 valence electrons. The van der Waals surface area contributed by atoms with Gasteiger partial charge < -0.3 is 19.1 Å². The minimum atomic E-state index is -0.000593. The summed E-state index contributed by atoms with van der Waals surface area (Å²) in [7, 11) is 3.24. The van der Waals surface area contributed by atoms with Crippen LogP contribution < -0.4 is 14.2 Å². The van der Waals surface area contributed by atoms with Crippen molar-refractivity contribution in [2.24, 2.45) is 0 Å². The third-order valence-electron chi connectivity index (χ3n) is 4.69. The van der Waals surface area contributed by atoms with Gasteiger partial charge in [-0.1, -0.05) is 19.1 Å². The Morgan fingerprint density at radius 1 is 1.14 bits per heavy atom. The van der Waals surface area contributed by atoms with Crippen molar-refractivity contribution < 1.29 is 19.0 Å². The minimum absolute atomic E-state index is 0.000593. The molecule has 0 spiro atoms. The van der Waals surface area contributed by atoms with Crippen LogP contribution in [0.5, 0.6) is 17.2 Å². The largest absolute Gasteiger partial charge is 0.497 e. The highest BCUT2D eigenvalue weighted by Crippen LogP contribution is 2.38. The molecule has 1 amide bonds. The highest BCUT2D eigenvalue weighted by atomic mass is 79.9. The molecule has 0 unspecified atom stereocenters. The maximum absolute atomic E-state index is 13.3. The number of carbonyl (C=O) groups is 1. The summed E-state index contributed by atoms with van der Waals surface area (Å²) in [5.41, 5.74) is 1.67.